The molecular formula is C23H21BrClN5O2. The Hall–Kier alpha value is -3.10. The normalized spacial score (nSPS) is 11.3. The first kappa shape index (κ1) is 22.1. The number of furan rings is 1. The lowest BCUT2D eigenvalue weighted by molar-refractivity contribution is -0.116. The molecule has 1 amide bonds. The highest BCUT2D eigenvalue weighted by Gasteiger charge is 2.13. The summed E-state index contributed by atoms with van der Waals surface area (Å²) in [5.74, 6) is 1.33. The third-order valence-electron chi connectivity index (χ3n) is 4.73. The van der Waals surface area contributed by atoms with Crippen LogP contribution in [0, 0.1) is 0 Å². The largest absolute Gasteiger partial charge is 0.465 e. The van der Waals surface area contributed by atoms with Gasteiger partial charge in [0, 0.05) is 35.8 Å². The van der Waals surface area contributed by atoms with Crippen LogP contribution in [0.2, 0.25) is 5.02 Å². The van der Waals surface area contributed by atoms with Crippen molar-refractivity contribution in [1.82, 2.24) is 19.9 Å². The molecule has 0 fully saturated rings. The Balaban J connectivity index is 1.33. The summed E-state index contributed by atoms with van der Waals surface area (Å²) in [6.45, 7) is 1.31. The number of rotatable bonds is 9. The van der Waals surface area contributed by atoms with E-state index in [2.05, 4.69) is 31.7 Å². The molecule has 0 unspecified atom stereocenters. The van der Waals surface area contributed by atoms with Gasteiger partial charge in [-0.05, 0) is 53.0 Å². The summed E-state index contributed by atoms with van der Waals surface area (Å²) < 4.78 is 7.72. The molecule has 164 valence electrons. The predicted molar refractivity (Wildman–Crippen MR) is 130 cm³/mol. The Labute approximate surface area is 198 Å². The molecule has 4 rings (SSSR count). The van der Waals surface area contributed by atoms with E-state index in [1.807, 2.05) is 30.3 Å². The van der Waals surface area contributed by atoms with Gasteiger partial charge in [0.1, 0.15) is 11.6 Å². The molecule has 0 aliphatic heterocycles. The number of aromatic nitrogens is 3. The molecule has 3 heterocycles. The van der Waals surface area contributed by atoms with Gasteiger partial charge in [-0.2, -0.15) is 9.61 Å². The van der Waals surface area contributed by atoms with Crippen LogP contribution in [0.15, 0.2) is 69.9 Å². The SMILES string of the molecule is O=C(/C=C/c1ccco1)NCCCCNc1cc(-c2ccccc2Cl)nc2c(Br)cnn12. The quantitative estimate of drug-likeness (QED) is 0.230. The van der Waals surface area contributed by atoms with Crippen LogP contribution in [0.3, 0.4) is 0 Å². The second kappa shape index (κ2) is 10.5. The third kappa shape index (κ3) is 5.38. The molecule has 1 aromatic carbocycles. The molecule has 4 aromatic rings. The molecule has 0 saturated carbocycles. The van der Waals surface area contributed by atoms with Crippen LogP contribution in [-0.4, -0.2) is 33.6 Å². The van der Waals surface area contributed by atoms with Gasteiger partial charge in [-0.25, -0.2) is 4.98 Å². The molecule has 0 spiro atoms. The maximum atomic E-state index is 11.9. The smallest absolute Gasteiger partial charge is 0.244 e. The van der Waals surface area contributed by atoms with Crippen LogP contribution in [0.25, 0.3) is 23.0 Å². The number of anilines is 1. The molecule has 32 heavy (non-hydrogen) atoms. The van der Waals surface area contributed by atoms with Crippen molar-refractivity contribution in [2.75, 3.05) is 18.4 Å². The van der Waals surface area contributed by atoms with E-state index in [1.165, 1.54) is 6.08 Å². The summed E-state index contributed by atoms with van der Waals surface area (Å²) in [4.78, 5) is 16.6. The third-order valence-corrected chi connectivity index (χ3v) is 5.62. The zero-order valence-electron chi connectivity index (χ0n) is 17.1. The average molecular weight is 515 g/mol. The van der Waals surface area contributed by atoms with E-state index in [9.17, 15) is 4.79 Å². The van der Waals surface area contributed by atoms with Crippen LogP contribution in [-0.2, 0) is 4.79 Å². The Kier molecular flexibility index (Phi) is 7.24. The summed E-state index contributed by atoms with van der Waals surface area (Å²) >= 11 is 9.88. The first-order valence-electron chi connectivity index (χ1n) is 10.1. The number of fused-ring (bicyclic) bond motifs is 1. The van der Waals surface area contributed by atoms with Gasteiger partial charge < -0.3 is 15.1 Å². The fourth-order valence-electron chi connectivity index (χ4n) is 3.15. The number of hydrogen-bond acceptors (Lipinski definition) is 5. The topological polar surface area (TPSA) is 84.5 Å². The number of carbonyl (C=O) groups is 1. The van der Waals surface area contributed by atoms with Crippen LogP contribution >= 0.6 is 27.5 Å². The van der Waals surface area contributed by atoms with Crippen LogP contribution < -0.4 is 10.6 Å². The highest BCUT2D eigenvalue weighted by molar-refractivity contribution is 9.10. The average Bonchev–Trinajstić information content (AvgIpc) is 3.45. The van der Waals surface area contributed by atoms with Crippen molar-refractivity contribution < 1.29 is 9.21 Å². The van der Waals surface area contributed by atoms with Gasteiger partial charge in [0.25, 0.3) is 0 Å². The minimum atomic E-state index is -0.143. The second-order valence-corrected chi connectivity index (χ2v) is 8.27. The van der Waals surface area contributed by atoms with Crippen molar-refractivity contribution in [3.05, 3.63) is 76.3 Å². The highest BCUT2D eigenvalue weighted by atomic mass is 79.9. The van der Waals surface area contributed by atoms with Gasteiger partial charge >= 0.3 is 0 Å². The fraction of sp³-hybridized carbons (Fsp3) is 0.174. The van der Waals surface area contributed by atoms with Gasteiger partial charge in [-0.1, -0.05) is 29.8 Å². The number of nitrogens with one attached hydrogen (secondary N) is 2. The molecule has 3 aromatic heterocycles. The number of unbranched alkanes of at least 4 members (excludes halogenated alkanes) is 1. The van der Waals surface area contributed by atoms with E-state index in [-0.39, 0.29) is 5.91 Å². The number of amides is 1. The molecule has 2 N–H and O–H groups in total. The van der Waals surface area contributed by atoms with Crippen molar-refractivity contribution >= 4 is 51.0 Å². The van der Waals surface area contributed by atoms with E-state index in [4.69, 9.17) is 21.0 Å². The highest BCUT2D eigenvalue weighted by Crippen LogP contribution is 2.30. The molecule has 9 heteroatoms. The Bertz CT molecular complexity index is 1240. The lowest BCUT2D eigenvalue weighted by Gasteiger charge is -2.11. The zero-order chi connectivity index (χ0) is 22.3. The second-order valence-electron chi connectivity index (χ2n) is 7.01. The van der Waals surface area contributed by atoms with Gasteiger partial charge in [0.2, 0.25) is 5.91 Å². The van der Waals surface area contributed by atoms with Crippen molar-refractivity contribution in [1.29, 1.82) is 0 Å². The Morgan fingerprint density at radius 1 is 1.19 bits per heavy atom. The molecule has 0 saturated heterocycles. The maximum absolute atomic E-state index is 11.9. The summed E-state index contributed by atoms with van der Waals surface area (Å²) in [7, 11) is 0. The van der Waals surface area contributed by atoms with Crippen LogP contribution in [0.4, 0.5) is 5.82 Å². The summed E-state index contributed by atoms with van der Waals surface area (Å²) in [5, 5.41) is 11.3. The first-order valence-corrected chi connectivity index (χ1v) is 11.3. The van der Waals surface area contributed by atoms with Crippen LogP contribution in [0.1, 0.15) is 18.6 Å². The fourth-order valence-corrected chi connectivity index (χ4v) is 3.73. The Morgan fingerprint density at radius 3 is 2.84 bits per heavy atom. The van der Waals surface area contributed by atoms with Crippen LogP contribution in [0.5, 0.6) is 0 Å². The monoisotopic (exact) mass is 513 g/mol. The van der Waals surface area contributed by atoms with Crippen molar-refractivity contribution in [3.8, 4) is 11.3 Å². The van der Waals surface area contributed by atoms with Crippen molar-refractivity contribution in [2.24, 2.45) is 0 Å². The van der Waals surface area contributed by atoms with E-state index in [0.29, 0.717) is 23.0 Å². The molecule has 0 bridgehead atoms. The molecule has 0 aliphatic rings. The lowest BCUT2D eigenvalue weighted by Crippen LogP contribution is -2.22. The summed E-state index contributed by atoms with van der Waals surface area (Å²) in [6.07, 6.45) is 8.11. The summed E-state index contributed by atoms with van der Waals surface area (Å²) in [6, 6.07) is 13.1. The lowest BCUT2D eigenvalue weighted by atomic mass is 10.1. The Morgan fingerprint density at radius 2 is 2.03 bits per heavy atom. The number of benzene rings is 1. The minimum Gasteiger partial charge on any atom is -0.465 e. The van der Waals surface area contributed by atoms with E-state index < -0.39 is 0 Å². The van der Waals surface area contributed by atoms with Gasteiger partial charge in [-0.3, -0.25) is 4.79 Å². The number of hydrogen-bond donors (Lipinski definition) is 2. The van der Waals surface area contributed by atoms with Gasteiger partial charge in [0.05, 0.1) is 22.6 Å². The number of nitrogens with zero attached hydrogens (tertiary/aromatic N) is 3. The van der Waals surface area contributed by atoms with Crippen molar-refractivity contribution in [2.45, 2.75) is 12.8 Å². The molecule has 0 atom stereocenters. The number of halogens is 2. The predicted octanol–water partition coefficient (Wildman–Crippen LogP) is 5.43. The van der Waals surface area contributed by atoms with E-state index >= 15 is 0 Å². The molecule has 0 aliphatic carbocycles. The summed E-state index contributed by atoms with van der Waals surface area (Å²) in [5.41, 5.74) is 2.33. The van der Waals surface area contributed by atoms with E-state index in [0.717, 1.165) is 40.9 Å². The van der Waals surface area contributed by atoms with E-state index in [1.54, 1.807) is 35.2 Å². The van der Waals surface area contributed by atoms with Gasteiger partial charge in [-0.15, -0.1) is 0 Å². The molecule has 7 nitrogen and oxygen atoms in total. The van der Waals surface area contributed by atoms with Gasteiger partial charge in [0.15, 0.2) is 5.65 Å². The van der Waals surface area contributed by atoms with Crippen molar-refractivity contribution in [3.63, 3.8) is 0 Å². The minimum absolute atomic E-state index is 0.143. The first-order chi connectivity index (χ1) is 15.6. The standard InChI is InChI=1S/C23H21BrClN5O2/c24-18-15-28-30-21(14-20(29-23(18)30)17-7-1-2-8-19(17)25)26-11-3-4-12-27-22(31)10-9-16-6-5-13-32-16/h1-2,5-10,13-15,26H,3-4,11-12H2,(H,27,31)/b10-9+. The molecule has 0 radical (unpaired) electrons. The maximum Gasteiger partial charge on any atom is 0.244 e. The molecular weight excluding hydrogens is 494 g/mol. The zero-order valence-corrected chi connectivity index (χ0v) is 19.4. The number of carbonyl (C=O) groups excluding carboxylic acids is 1.